The number of hydrogen-bond donors (Lipinski definition) is 0. The maximum absolute atomic E-state index is 12.3. The summed E-state index contributed by atoms with van der Waals surface area (Å²) < 4.78 is 5.48. The first kappa shape index (κ1) is 19.1. The van der Waals surface area contributed by atoms with Gasteiger partial charge in [0.1, 0.15) is 5.60 Å². The summed E-state index contributed by atoms with van der Waals surface area (Å²) in [6.07, 6.45) is 1.28. The molecule has 3 rings (SSSR count). The minimum atomic E-state index is -0.484. The van der Waals surface area contributed by atoms with Crippen LogP contribution < -0.4 is 0 Å². The number of benzene rings is 1. The minimum absolute atomic E-state index is 0.271. The monoisotopic (exact) mass is 365 g/mol. The highest BCUT2D eigenvalue weighted by atomic mass is 16.6. The number of carbonyl (C=O) groups excluding carboxylic acids is 1. The Kier molecular flexibility index (Phi) is 5.59. The fourth-order valence-electron chi connectivity index (χ4n) is 3.07. The highest BCUT2D eigenvalue weighted by molar-refractivity contribution is 6.01. The van der Waals surface area contributed by atoms with E-state index in [1.165, 1.54) is 0 Å². The van der Waals surface area contributed by atoms with E-state index < -0.39 is 5.60 Å². The van der Waals surface area contributed by atoms with Crippen LogP contribution in [0.3, 0.4) is 0 Å². The van der Waals surface area contributed by atoms with Crippen LogP contribution >= 0.6 is 0 Å². The third-order valence-corrected chi connectivity index (χ3v) is 4.38. The molecular formula is C22H27N3O2. The average molecular weight is 365 g/mol. The molecule has 0 spiro atoms. The maximum atomic E-state index is 12.3. The topological polar surface area (TPSA) is 54.8 Å². The zero-order valence-electron chi connectivity index (χ0n) is 16.5. The molecule has 0 saturated carbocycles. The number of carbonyl (C=O) groups is 1. The molecule has 2 heterocycles. The average Bonchev–Trinajstić information content (AvgIpc) is 2.65. The van der Waals surface area contributed by atoms with Crippen LogP contribution in [0, 0.1) is 0 Å². The Bertz CT molecular complexity index is 838. The van der Waals surface area contributed by atoms with Gasteiger partial charge in [0.05, 0.1) is 6.54 Å². The molecule has 1 aliphatic heterocycles. The Morgan fingerprint density at radius 1 is 1.19 bits per heavy atom. The van der Waals surface area contributed by atoms with E-state index >= 15 is 0 Å². The van der Waals surface area contributed by atoms with Crippen LogP contribution in [0.25, 0.3) is 0 Å². The van der Waals surface area contributed by atoms with Crippen LogP contribution in [-0.2, 0) is 17.7 Å². The standard InChI is InChI=1S/C22H27N3O2/c1-5-18(16-9-7-6-8-10-16)23-20-12-11-17-15-25(14-13-19(17)24-20)21(26)27-22(2,3)4/h6-12H,5,13-15H2,1-4H3. The lowest BCUT2D eigenvalue weighted by Crippen LogP contribution is -2.40. The van der Waals surface area contributed by atoms with Gasteiger partial charge >= 0.3 is 6.09 Å². The van der Waals surface area contributed by atoms with E-state index in [9.17, 15) is 4.79 Å². The molecular weight excluding hydrogens is 338 g/mol. The number of pyridine rings is 1. The van der Waals surface area contributed by atoms with Gasteiger partial charge in [0.15, 0.2) is 5.82 Å². The van der Waals surface area contributed by atoms with E-state index in [-0.39, 0.29) is 6.09 Å². The van der Waals surface area contributed by atoms with Gasteiger partial charge < -0.3 is 9.64 Å². The number of hydrogen-bond acceptors (Lipinski definition) is 4. The SMILES string of the molecule is CCC(=Nc1ccc2c(n1)CCN(C(=O)OC(C)(C)C)C2)c1ccccc1. The highest BCUT2D eigenvalue weighted by Gasteiger charge is 2.26. The normalized spacial score (nSPS) is 14.7. The Morgan fingerprint density at radius 3 is 2.59 bits per heavy atom. The fraction of sp³-hybridized carbons (Fsp3) is 0.409. The molecule has 1 aromatic carbocycles. The smallest absolute Gasteiger partial charge is 0.410 e. The molecule has 5 heteroatoms. The third-order valence-electron chi connectivity index (χ3n) is 4.38. The number of nitrogens with zero attached hydrogens (tertiary/aromatic N) is 3. The van der Waals surface area contributed by atoms with Crippen molar-refractivity contribution in [1.82, 2.24) is 9.88 Å². The maximum Gasteiger partial charge on any atom is 0.410 e. The minimum Gasteiger partial charge on any atom is -0.444 e. The van der Waals surface area contributed by atoms with Gasteiger partial charge in [-0.05, 0) is 44.4 Å². The second-order valence-corrected chi connectivity index (χ2v) is 7.71. The number of rotatable bonds is 3. The van der Waals surface area contributed by atoms with E-state index in [1.807, 2.05) is 51.1 Å². The number of ether oxygens (including phenoxy) is 1. The summed E-state index contributed by atoms with van der Waals surface area (Å²) >= 11 is 0. The summed E-state index contributed by atoms with van der Waals surface area (Å²) in [5.41, 5.74) is 3.73. The predicted molar refractivity (Wildman–Crippen MR) is 108 cm³/mol. The summed E-state index contributed by atoms with van der Waals surface area (Å²) in [6.45, 7) is 8.89. The molecule has 1 amide bonds. The van der Waals surface area contributed by atoms with Crippen molar-refractivity contribution in [3.63, 3.8) is 0 Å². The van der Waals surface area contributed by atoms with Gasteiger partial charge in [0.2, 0.25) is 0 Å². The van der Waals surface area contributed by atoms with Crippen molar-refractivity contribution >= 4 is 17.6 Å². The quantitative estimate of drug-likeness (QED) is 0.727. The van der Waals surface area contributed by atoms with E-state index in [1.54, 1.807) is 4.90 Å². The van der Waals surface area contributed by atoms with Crippen molar-refractivity contribution in [2.45, 2.75) is 52.7 Å². The van der Waals surface area contributed by atoms with E-state index in [0.29, 0.717) is 19.5 Å². The Labute approximate surface area is 161 Å². The Morgan fingerprint density at radius 2 is 1.93 bits per heavy atom. The van der Waals surface area contributed by atoms with Crippen molar-refractivity contribution in [3.8, 4) is 0 Å². The van der Waals surface area contributed by atoms with Gasteiger partial charge in [-0.25, -0.2) is 14.8 Å². The molecule has 0 bridgehead atoms. The molecule has 1 aromatic heterocycles. The Hall–Kier alpha value is -2.69. The lowest BCUT2D eigenvalue weighted by atomic mass is 10.1. The van der Waals surface area contributed by atoms with Crippen LogP contribution in [0.4, 0.5) is 10.6 Å². The van der Waals surface area contributed by atoms with Gasteiger partial charge in [-0.2, -0.15) is 0 Å². The molecule has 0 unspecified atom stereocenters. The van der Waals surface area contributed by atoms with E-state index in [2.05, 4.69) is 19.1 Å². The van der Waals surface area contributed by atoms with Crippen molar-refractivity contribution < 1.29 is 9.53 Å². The molecule has 0 radical (unpaired) electrons. The summed E-state index contributed by atoms with van der Waals surface area (Å²) in [7, 11) is 0. The first-order valence-corrected chi connectivity index (χ1v) is 9.45. The van der Waals surface area contributed by atoms with Gasteiger partial charge in [0, 0.05) is 24.4 Å². The predicted octanol–water partition coefficient (Wildman–Crippen LogP) is 4.91. The zero-order chi connectivity index (χ0) is 19.4. The van der Waals surface area contributed by atoms with E-state index in [4.69, 9.17) is 14.7 Å². The van der Waals surface area contributed by atoms with Crippen LogP contribution in [0.1, 0.15) is 50.9 Å². The molecule has 27 heavy (non-hydrogen) atoms. The van der Waals surface area contributed by atoms with Crippen LogP contribution in [0.15, 0.2) is 47.5 Å². The molecule has 0 atom stereocenters. The molecule has 1 aliphatic rings. The molecule has 0 aliphatic carbocycles. The first-order valence-electron chi connectivity index (χ1n) is 9.45. The molecule has 5 nitrogen and oxygen atoms in total. The molecule has 0 saturated heterocycles. The zero-order valence-corrected chi connectivity index (χ0v) is 16.5. The third kappa shape index (κ3) is 4.94. The first-order chi connectivity index (χ1) is 12.9. The lowest BCUT2D eigenvalue weighted by molar-refractivity contribution is 0.0223. The fourth-order valence-corrected chi connectivity index (χ4v) is 3.07. The van der Waals surface area contributed by atoms with Crippen molar-refractivity contribution in [1.29, 1.82) is 0 Å². The highest BCUT2D eigenvalue weighted by Crippen LogP contribution is 2.23. The summed E-state index contributed by atoms with van der Waals surface area (Å²) in [4.78, 5) is 23.5. The van der Waals surface area contributed by atoms with Gasteiger partial charge in [-0.3, -0.25) is 0 Å². The van der Waals surface area contributed by atoms with Crippen molar-refractivity contribution in [2.75, 3.05) is 6.54 Å². The number of amides is 1. The second kappa shape index (κ2) is 7.91. The summed E-state index contributed by atoms with van der Waals surface area (Å²) in [6, 6.07) is 14.1. The summed E-state index contributed by atoms with van der Waals surface area (Å²) in [5.74, 6) is 0.722. The molecule has 142 valence electrons. The van der Waals surface area contributed by atoms with Crippen molar-refractivity contribution in [2.24, 2.45) is 4.99 Å². The van der Waals surface area contributed by atoms with Crippen molar-refractivity contribution in [3.05, 3.63) is 59.3 Å². The van der Waals surface area contributed by atoms with Gasteiger partial charge in [0.25, 0.3) is 0 Å². The number of fused-ring (bicyclic) bond motifs is 1. The van der Waals surface area contributed by atoms with Gasteiger partial charge in [-0.15, -0.1) is 0 Å². The van der Waals surface area contributed by atoms with Crippen LogP contribution in [0.2, 0.25) is 0 Å². The number of aliphatic imine (C=N–C) groups is 1. The van der Waals surface area contributed by atoms with Gasteiger partial charge in [-0.1, -0.05) is 43.3 Å². The summed E-state index contributed by atoms with van der Waals surface area (Å²) in [5, 5.41) is 0. The van der Waals surface area contributed by atoms with Crippen LogP contribution in [-0.4, -0.2) is 33.8 Å². The van der Waals surface area contributed by atoms with E-state index in [0.717, 1.165) is 34.8 Å². The molecule has 0 N–H and O–H groups in total. The lowest BCUT2D eigenvalue weighted by Gasteiger charge is -2.30. The number of aromatic nitrogens is 1. The van der Waals surface area contributed by atoms with Crippen LogP contribution in [0.5, 0.6) is 0 Å². The molecule has 0 fully saturated rings. The second-order valence-electron chi connectivity index (χ2n) is 7.71. The largest absolute Gasteiger partial charge is 0.444 e. The molecule has 2 aromatic rings. The Balaban J connectivity index is 1.77.